The summed E-state index contributed by atoms with van der Waals surface area (Å²) in [5.74, 6) is -1.29. The molecule has 1 fully saturated rings. The molecule has 1 amide bonds. The summed E-state index contributed by atoms with van der Waals surface area (Å²) in [6, 6.07) is 5.79. The number of rotatable bonds is 6. The fourth-order valence-electron chi connectivity index (χ4n) is 3.65. The molecule has 0 radical (unpaired) electrons. The van der Waals surface area contributed by atoms with Crippen molar-refractivity contribution in [3.05, 3.63) is 46.1 Å². The highest BCUT2D eigenvalue weighted by atomic mass is 16.6. The molecule has 1 saturated carbocycles. The lowest BCUT2D eigenvalue weighted by molar-refractivity contribution is -0.384. The number of aliphatic carboxylic acids is 1. The van der Waals surface area contributed by atoms with Crippen LogP contribution in [0, 0.1) is 15.5 Å². The molecule has 148 valence electrons. The smallest absolute Gasteiger partial charge is 0.311 e. The molecule has 2 aromatic rings. The summed E-state index contributed by atoms with van der Waals surface area (Å²) in [6.45, 7) is 0.0652. The molecule has 1 aliphatic carbocycles. The van der Waals surface area contributed by atoms with Crippen LogP contribution in [-0.4, -0.2) is 38.2 Å². The Morgan fingerprint density at radius 2 is 1.89 bits per heavy atom. The number of nitrogens with one attached hydrogen (secondary N) is 1. The first-order valence-corrected chi connectivity index (χ1v) is 9.12. The maximum absolute atomic E-state index is 12.8. The molecule has 1 aromatic carbocycles. The lowest BCUT2D eigenvalue weighted by atomic mass is 9.74. The van der Waals surface area contributed by atoms with Crippen LogP contribution in [0.4, 0.5) is 5.69 Å². The molecule has 2 N–H and O–H groups in total. The molecule has 0 unspecified atom stereocenters. The van der Waals surface area contributed by atoms with Gasteiger partial charge < -0.3 is 10.4 Å². The van der Waals surface area contributed by atoms with Crippen LogP contribution in [0.25, 0.3) is 11.3 Å². The largest absolute Gasteiger partial charge is 0.481 e. The Morgan fingerprint density at radius 3 is 2.46 bits per heavy atom. The molecule has 1 heterocycles. The topological polar surface area (TPSA) is 127 Å². The predicted molar refractivity (Wildman–Crippen MR) is 101 cm³/mol. The van der Waals surface area contributed by atoms with Crippen molar-refractivity contribution in [3.63, 3.8) is 0 Å². The lowest BCUT2D eigenvalue weighted by Crippen LogP contribution is -2.44. The third kappa shape index (κ3) is 3.88. The number of carbonyl (C=O) groups is 2. The van der Waals surface area contributed by atoms with Crippen molar-refractivity contribution in [3.8, 4) is 11.3 Å². The van der Waals surface area contributed by atoms with Crippen LogP contribution in [0.3, 0.4) is 0 Å². The summed E-state index contributed by atoms with van der Waals surface area (Å²) < 4.78 is 1.49. The summed E-state index contributed by atoms with van der Waals surface area (Å²) in [5, 5.41) is 27.5. The van der Waals surface area contributed by atoms with E-state index in [9.17, 15) is 24.8 Å². The summed E-state index contributed by atoms with van der Waals surface area (Å²) in [6.07, 6.45) is 5.33. The van der Waals surface area contributed by atoms with Gasteiger partial charge in [0.05, 0.1) is 15.9 Å². The number of nitro groups is 1. The predicted octanol–water partition coefficient (Wildman–Crippen LogP) is 2.76. The molecular formula is C19H22N4O5. The van der Waals surface area contributed by atoms with E-state index in [1.807, 2.05) is 0 Å². The Hall–Kier alpha value is -3.23. The van der Waals surface area contributed by atoms with Gasteiger partial charge in [-0.25, -0.2) is 0 Å². The second kappa shape index (κ2) is 7.79. The van der Waals surface area contributed by atoms with E-state index in [4.69, 9.17) is 0 Å². The molecule has 28 heavy (non-hydrogen) atoms. The van der Waals surface area contributed by atoms with Gasteiger partial charge in [-0.3, -0.25) is 24.4 Å². The minimum absolute atomic E-state index is 0.0496. The highest BCUT2D eigenvalue weighted by Crippen LogP contribution is 2.36. The number of aromatic nitrogens is 2. The molecule has 1 aliphatic rings. The van der Waals surface area contributed by atoms with Gasteiger partial charge in [0.25, 0.3) is 11.6 Å². The van der Waals surface area contributed by atoms with E-state index in [1.54, 1.807) is 13.2 Å². The summed E-state index contributed by atoms with van der Waals surface area (Å²) in [5.41, 5.74) is 0.285. The molecule has 0 spiro atoms. The molecule has 9 heteroatoms. The number of carboxylic acids is 1. The minimum atomic E-state index is -0.927. The molecule has 3 rings (SSSR count). The molecule has 1 aromatic heterocycles. The van der Waals surface area contributed by atoms with Crippen molar-refractivity contribution in [1.82, 2.24) is 15.1 Å². The van der Waals surface area contributed by atoms with Crippen molar-refractivity contribution >= 4 is 17.6 Å². The lowest BCUT2D eigenvalue weighted by Gasteiger charge is -2.33. The molecule has 0 aliphatic heterocycles. The first kappa shape index (κ1) is 19.5. The van der Waals surface area contributed by atoms with Gasteiger partial charge in [-0.05, 0) is 25.0 Å². The first-order valence-electron chi connectivity index (χ1n) is 9.12. The van der Waals surface area contributed by atoms with Gasteiger partial charge in [-0.2, -0.15) is 5.10 Å². The normalized spacial score (nSPS) is 15.8. The van der Waals surface area contributed by atoms with E-state index >= 15 is 0 Å². The Balaban J connectivity index is 1.81. The highest BCUT2D eigenvalue weighted by Gasteiger charge is 2.40. The molecule has 0 saturated heterocycles. The van der Waals surface area contributed by atoms with Crippen LogP contribution in [0.5, 0.6) is 0 Å². The van der Waals surface area contributed by atoms with E-state index in [-0.39, 0.29) is 12.2 Å². The third-order valence-electron chi connectivity index (χ3n) is 5.28. The van der Waals surface area contributed by atoms with Gasteiger partial charge in [-0.1, -0.05) is 19.3 Å². The fourth-order valence-corrected chi connectivity index (χ4v) is 3.65. The zero-order valence-corrected chi connectivity index (χ0v) is 15.6. The second-order valence-electron chi connectivity index (χ2n) is 7.20. The van der Waals surface area contributed by atoms with E-state index in [2.05, 4.69) is 10.4 Å². The van der Waals surface area contributed by atoms with Crippen LogP contribution in [0.1, 0.15) is 42.5 Å². The molecular weight excluding hydrogens is 364 g/mol. The number of nitro benzene ring substituents is 1. The number of nitrogens with zero attached hydrogens (tertiary/aromatic N) is 3. The van der Waals surface area contributed by atoms with Gasteiger partial charge in [0, 0.05) is 37.5 Å². The van der Waals surface area contributed by atoms with Crippen LogP contribution >= 0.6 is 0 Å². The van der Waals surface area contributed by atoms with Gasteiger partial charge in [0.15, 0.2) is 0 Å². The standard InChI is InChI=1S/C19H22N4O5/c1-22-11-15(16(21-22)13-5-7-14(8-6-13)23(27)28)17(24)20-12-19(18(25)26)9-3-2-4-10-19/h5-8,11H,2-4,9-10,12H2,1H3,(H,20,24)(H,25,26). The summed E-state index contributed by atoms with van der Waals surface area (Å²) in [4.78, 5) is 34.9. The van der Waals surface area contributed by atoms with Gasteiger partial charge in [0.2, 0.25) is 0 Å². The number of non-ortho nitro benzene ring substituents is 1. The van der Waals surface area contributed by atoms with E-state index in [0.717, 1.165) is 19.3 Å². The zero-order valence-electron chi connectivity index (χ0n) is 15.6. The monoisotopic (exact) mass is 386 g/mol. The van der Waals surface area contributed by atoms with Crippen LogP contribution in [0.15, 0.2) is 30.5 Å². The van der Waals surface area contributed by atoms with Gasteiger partial charge in [0.1, 0.15) is 5.69 Å². The number of aryl methyl sites for hydroxylation is 1. The second-order valence-corrected chi connectivity index (χ2v) is 7.20. The number of benzene rings is 1. The van der Waals surface area contributed by atoms with E-state index in [0.29, 0.717) is 29.7 Å². The van der Waals surface area contributed by atoms with Gasteiger partial charge in [-0.15, -0.1) is 0 Å². The quantitative estimate of drug-likeness (QED) is 0.580. The summed E-state index contributed by atoms with van der Waals surface area (Å²) in [7, 11) is 1.67. The maximum Gasteiger partial charge on any atom is 0.311 e. The Morgan fingerprint density at radius 1 is 1.25 bits per heavy atom. The highest BCUT2D eigenvalue weighted by molar-refractivity contribution is 6.00. The van der Waals surface area contributed by atoms with Crippen LogP contribution < -0.4 is 5.32 Å². The van der Waals surface area contributed by atoms with Crippen molar-refractivity contribution in [1.29, 1.82) is 0 Å². The molecule has 0 bridgehead atoms. The number of hydrogen-bond donors (Lipinski definition) is 2. The molecule has 9 nitrogen and oxygen atoms in total. The molecule has 0 atom stereocenters. The van der Waals surface area contributed by atoms with Crippen LogP contribution in [-0.2, 0) is 11.8 Å². The zero-order chi connectivity index (χ0) is 20.3. The number of carbonyl (C=O) groups excluding carboxylic acids is 1. The maximum atomic E-state index is 12.8. The average molecular weight is 386 g/mol. The summed E-state index contributed by atoms with van der Waals surface area (Å²) >= 11 is 0. The van der Waals surface area contributed by atoms with Crippen molar-refractivity contribution in [2.45, 2.75) is 32.1 Å². The number of hydrogen-bond acceptors (Lipinski definition) is 5. The van der Waals surface area contributed by atoms with Crippen molar-refractivity contribution in [2.75, 3.05) is 6.54 Å². The fraction of sp³-hybridized carbons (Fsp3) is 0.421. The van der Waals surface area contributed by atoms with Gasteiger partial charge >= 0.3 is 5.97 Å². The van der Waals surface area contributed by atoms with Crippen molar-refractivity contribution in [2.24, 2.45) is 12.5 Å². The third-order valence-corrected chi connectivity index (χ3v) is 5.28. The van der Waals surface area contributed by atoms with E-state index in [1.165, 1.54) is 28.9 Å². The van der Waals surface area contributed by atoms with Crippen molar-refractivity contribution < 1.29 is 19.6 Å². The Labute approximate surface area is 161 Å². The number of amides is 1. The van der Waals surface area contributed by atoms with Crippen LogP contribution in [0.2, 0.25) is 0 Å². The number of carboxylic acid groups (broad SMARTS) is 1. The minimum Gasteiger partial charge on any atom is -0.481 e. The average Bonchev–Trinajstić information content (AvgIpc) is 3.08. The SMILES string of the molecule is Cn1cc(C(=O)NCC2(C(=O)O)CCCCC2)c(-c2ccc([N+](=O)[O-])cc2)n1. The van der Waals surface area contributed by atoms with E-state index < -0.39 is 22.2 Å². The Bertz CT molecular complexity index is 898. The first-order chi connectivity index (χ1) is 13.3. The Kier molecular flexibility index (Phi) is 5.43.